The van der Waals surface area contributed by atoms with E-state index >= 15 is 0 Å². The molecule has 4 rings (SSSR count). The van der Waals surface area contributed by atoms with Gasteiger partial charge in [-0.25, -0.2) is 0 Å². The maximum atomic E-state index is 12.4. The standard InChI is InChI=1S/C28H32ClN3O/c1-20-15-21(2)18-32(17-20)19-22-3-10-27(11-4-22)31-28(33)14-13-26-12-7-24(16-30-26)23-5-8-25(29)9-6-23/h3-12,16,20-21H,13-15,17-19H2,1-2H3,(H,31,33). The lowest BCUT2D eigenvalue weighted by Crippen LogP contribution is -2.38. The molecule has 5 heteroatoms. The molecule has 1 aliphatic rings. The fourth-order valence-electron chi connectivity index (χ4n) is 4.72. The van der Waals surface area contributed by atoms with Crippen molar-refractivity contribution in [1.82, 2.24) is 9.88 Å². The van der Waals surface area contributed by atoms with Gasteiger partial charge in [-0.2, -0.15) is 0 Å². The smallest absolute Gasteiger partial charge is 0.224 e. The van der Waals surface area contributed by atoms with E-state index in [1.165, 1.54) is 12.0 Å². The van der Waals surface area contributed by atoms with Gasteiger partial charge in [-0.05, 0) is 66.1 Å². The molecular weight excluding hydrogens is 430 g/mol. The van der Waals surface area contributed by atoms with Crippen LogP contribution in [0.1, 0.15) is 37.9 Å². The summed E-state index contributed by atoms with van der Waals surface area (Å²) < 4.78 is 0. The molecule has 0 saturated carbocycles. The third-order valence-electron chi connectivity index (χ3n) is 6.20. The van der Waals surface area contributed by atoms with Gasteiger partial charge in [-0.1, -0.05) is 55.8 Å². The van der Waals surface area contributed by atoms with E-state index in [0.29, 0.717) is 12.8 Å². The van der Waals surface area contributed by atoms with Crippen LogP contribution in [0.4, 0.5) is 5.69 Å². The van der Waals surface area contributed by atoms with Gasteiger partial charge in [0.15, 0.2) is 0 Å². The Morgan fingerprint density at radius 3 is 2.27 bits per heavy atom. The molecule has 0 bridgehead atoms. The largest absolute Gasteiger partial charge is 0.326 e. The summed E-state index contributed by atoms with van der Waals surface area (Å²) in [6.45, 7) is 7.98. The van der Waals surface area contributed by atoms with Crippen LogP contribution in [0.25, 0.3) is 11.1 Å². The van der Waals surface area contributed by atoms with Crippen molar-refractivity contribution in [1.29, 1.82) is 0 Å². The SMILES string of the molecule is CC1CC(C)CN(Cc2ccc(NC(=O)CCc3ccc(-c4ccc(Cl)cc4)cn3)cc2)C1. The fraction of sp³-hybridized carbons (Fsp3) is 0.357. The lowest BCUT2D eigenvalue weighted by molar-refractivity contribution is -0.116. The Morgan fingerprint density at radius 2 is 1.64 bits per heavy atom. The van der Waals surface area contributed by atoms with Crippen molar-refractivity contribution in [3.63, 3.8) is 0 Å². The fourth-order valence-corrected chi connectivity index (χ4v) is 4.85. The predicted octanol–water partition coefficient (Wildman–Crippen LogP) is 6.45. The lowest BCUT2D eigenvalue weighted by atomic mass is 9.91. The van der Waals surface area contributed by atoms with Gasteiger partial charge in [0.1, 0.15) is 0 Å². The molecule has 172 valence electrons. The van der Waals surface area contributed by atoms with Gasteiger partial charge in [0, 0.05) is 54.2 Å². The highest BCUT2D eigenvalue weighted by Gasteiger charge is 2.21. The first-order valence-corrected chi connectivity index (χ1v) is 12.1. The molecule has 1 saturated heterocycles. The Balaban J connectivity index is 1.24. The van der Waals surface area contributed by atoms with E-state index in [-0.39, 0.29) is 5.91 Å². The molecule has 1 aromatic heterocycles. The summed E-state index contributed by atoms with van der Waals surface area (Å²) in [5, 5.41) is 3.72. The molecule has 2 atom stereocenters. The van der Waals surface area contributed by atoms with E-state index in [1.54, 1.807) is 0 Å². The number of halogens is 1. The molecule has 1 fully saturated rings. The second-order valence-corrected chi connectivity index (χ2v) is 9.87. The molecule has 33 heavy (non-hydrogen) atoms. The number of nitrogens with zero attached hydrogens (tertiary/aromatic N) is 2. The van der Waals surface area contributed by atoms with Crippen molar-refractivity contribution in [3.05, 3.63) is 83.1 Å². The molecule has 4 nitrogen and oxygen atoms in total. The van der Waals surface area contributed by atoms with Crippen LogP contribution < -0.4 is 5.32 Å². The second kappa shape index (κ2) is 11.0. The van der Waals surface area contributed by atoms with E-state index in [1.807, 2.05) is 54.7 Å². The summed E-state index contributed by atoms with van der Waals surface area (Å²) in [5.41, 5.74) is 5.15. The minimum Gasteiger partial charge on any atom is -0.326 e. The highest BCUT2D eigenvalue weighted by molar-refractivity contribution is 6.30. The van der Waals surface area contributed by atoms with Crippen LogP contribution >= 0.6 is 11.6 Å². The van der Waals surface area contributed by atoms with Crippen molar-refractivity contribution in [2.24, 2.45) is 11.8 Å². The van der Waals surface area contributed by atoms with Crippen LogP contribution in [0, 0.1) is 11.8 Å². The topological polar surface area (TPSA) is 45.2 Å². The highest BCUT2D eigenvalue weighted by atomic mass is 35.5. The molecule has 1 N–H and O–H groups in total. The molecule has 0 aliphatic carbocycles. The average Bonchev–Trinajstić information content (AvgIpc) is 2.79. The number of carbonyl (C=O) groups excluding carboxylic acids is 1. The van der Waals surface area contributed by atoms with E-state index in [0.717, 1.165) is 59.0 Å². The van der Waals surface area contributed by atoms with Crippen molar-refractivity contribution in [3.8, 4) is 11.1 Å². The lowest BCUT2D eigenvalue weighted by Gasteiger charge is -2.35. The molecule has 2 unspecified atom stereocenters. The Bertz CT molecular complexity index is 1040. The number of aryl methyl sites for hydroxylation is 1. The molecular formula is C28H32ClN3O. The third kappa shape index (κ3) is 6.89. The normalized spacial score (nSPS) is 18.8. The minimum atomic E-state index is 0.00464. The van der Waals surface area contributed by atoms with E-state index in [2.05, 4.69) is 41.2 Å². The molecule has 0 radical (unpaired) electrons. The Kier molecular flexibility index (Phi) is 7.79. The zero-order chi connectivity index (χ0) is 23.2. The van der Waals surface area contributed by atoms with Gasteiger partial charge in [-0.3, -0.25) is 14.7 Å². The zero-order valence-corrected chi connectivity index (χ0v) is 20.2. The van der Waals surface area contributed by atoms with Crippen LogP contribution in [-0.4, -0.2) is 28.9 Å². The van der Waals surface area contributed by atoms with Crippen molar-refractivity contribution >= 4 is 23.2 Å². The average molecular weight is 462 g/mol. The number of pyridine rings is 1. The van der Waals surface area contributed by atoms with Gasteiger partial charge in [0.05, 0.1) is 0 Å². The predicted molar refractivity (Wildman–Crippen MR) is 136 cm³/mol. The maximum absolute atomic E-state index is 12.4. The molecule has 1 amide bonds. The minimum absolute atomic E-state index is 0.00464. The van der Waals surface area contributed by atoms with Crippen LogP contribution in [0.2, 0.25) is 5.02 Å². The number of rotatable bonds is 7. The third-order valence-corrected chi connectivity index (χ3v) is 6.45. The zero-order valence-electron chi connectivity index (χ0n) is 19.4. The summed E-state index contributed by atoms with van der Waals surface area (Å²) >= 11 is 5.95. The Hall–Kier alpha value is -2.69. The molecule has 3 aromatic rings. The number of benzene rings is 2. The highest BCUT2D eigenvalue weighted by Crippen LogP contribution is 2.23. The van der Waals surface area contributed by atoms with E-state index in [9.17, 15) is 4.79 Å². The van der Waals surface area contributed by atoms with Gasteiger partial charge < -0.3 is 5.32 Å². The van der Waals surface area contributed by atoms with Crippen molar-refractivity contribution < 1.29 is 4.79 Å². The molecule has 2 aromatic carbocycles. The first-order chi connectivity index (χ1) is 15.9. The van der Waals surface area contributed by atoms with Gasteiger partial charge in [0.25, 0.3) is 0 Å². The molecule has 2 heterocycles. The summed E-state index contributed by atoms with van der Waals surface area (Å²) in [4.78, 5) is 19.5. The number of carbonyl (C=O) groups is 1. The monoisotopic (exact) mass is 461 g/mol. The molecule has 0 spiro atoms. The van der Waals surface area contributed by atoms with E-state index in [4.69, 9.17) is 11.6 Å². The summed E-state index contributed by atoms with van der Waals surface area (Å²) in [6, 6.07) is 20.0. The van der Waals surface area contributed by atoms with Crippen LogP contribution in [-0.2, 0) is 17.8 Å². The number of piperidine rings is 1. The van der Waals surface area contributed by atoms with Gasteiger partial charge in [-0.15, -0.1) is 0 Å². The number of amides is 1. The summed E-state index contributed by atoms with van der Waals surface area (Å²) in [7, 11) is 0. The number of aromatic nitrogens is 1. The molecule has 1 aliphatic heterocycles. The first kappa shape index (κ1) is 23.5. The number of hydrogen-bond acceptors (Lipinski definition) is 3. The van der Waals surface area contributed by atoms with Gasteiger partial charge in [0.2, 0.25) is 5.91 Å². The number of likely N-dealkylation sites (tertiary alicyclic amines) is 1. The Labute approximate surface area is 202 Å². The van der Waals surface area contributed by atoms with E-state index < -0.39 is 0 Å². The van der Waals surface area contributed by atoms with Crippen molar-refractivity contribution in [2.75, 3.05) is 18.4 Å². The number of anilines is 1. The summed E-state index contributed by atoms with van der Waals surface area (Å²) in [5.74, 6) is 1.52. The van der Waals surface area contributed by atoms with Crippen LogP contribution in [0.3, 0.4) is 0 Å². The first-order valence-electron chi connectivity index (χ1n) is 11.8. The Morgan fingerprint density at radius 1 is 0.970 bits per heavy atom. The number of nitrogens with one attached hydrogen (secondary N) is 1. The maximum Gasteiger partial charge on any atom is 0.224 e. The van der Waals surface area contributed by atoms with Gasteiger partial charge >= 0.3 is 0 Å². The summed E-state index contributed by atoms with van der Waals surface area (Å²) in [6.07, 6.45) is 4.18. The second-order valence-electron chi connectivity index (χ2n) is 9.43. The van der Waals surface area contributed by atoms with Crippen LogP contribution in [0.15, 0.2) is 66.9 Å². The van der Waals surface area contributed by atoms with Crippen molar-refractivity contribution in [2.45, 2.75) is 39.7 Å². The number of hydrogen-bond donors (Lipinski definition) is 1. The van der Waals surface area contributed by atoms with Crippen LogP contribution in [0.5, 0.6) is 0 Å². The quantitative estimate of drug-likeness (QED) is 0.439.